The van der Waals surface area contributed by atoms with E-state index in [-0.39, 0.29) is 24.0 Å². The minimum Gasteiger partial charge on any atom is -0.381 e. The molecule has 4 nitrogen and oxygen atoms in total. The van der Waals surface area contributed by atoms with Crippen LogP contribution >= 0.6 is 24.0 Å². The Balaban J connectivity index is 0.00000300. The number of hydrogen-bond donors (Lipinski definition) is 1. The van der Waals surface area contributed by atoms with Gasteiger partial charge in [-0.2, -0.15) is 13.2 Å². The van der Waals surface area contributed by atoms with Gasteiger partial charge in [0.25, 0.3) is 0 Å². The van der Waals surface area contributed by atoms with E-state index in [1.165, 1.54) is 18.6 Å². The van der Waals surface area contributed by atoms with Crippen molar-refractivity contribution >= 4 is 29.9 Å². The quantitative estimate of drug-likeness (QED) is 0.354. The van der Waals surface area contributed by atoms with Gasteiger partial charge in [-0.25, -0.2) is 0 Å². The average Bonchev–Trinajstić information content (AvgIpc) is 2.69. The molecular weight excluding hydrogens is 494 g/mol. The Morgan fingerprint density at radius 3 is 2.66 bits per heavy atom. The van der Waals surface area contributed by atoms with Gasteiger partial charge in [0, 0.05) is 45.3 Å². The summed E-state index contributed by atoms with van der Waals surface area (Å²) in [5, 5.41) is 3.47. The van der Waals surface area contributed by atoms with Crippen LogP contribution in [0.4, 0.5) is 13.2 Å². The Kier molecular flexibility index (Phi) is 8.63. The largest absolute Gasteiger partial charge is 0.416 e. The SMILES string of the molecule is CN=C(NCC1(c2cccc(C(F)(F)F)c2)CCOCC1)N1CCCC(C)C1.I. The van der Waals surface area contributed by atoms with Crippen LogP contribution in [0.1, 0.15) is 43.7 Å². The zero-order chi connectivity index (χ0) is 20.2. The molecule has 3 rings (SSSR count). The second kappa shape index (κ2) is 10.3. The summed E-state index contributed by atoms with van der Waals surface area (Å²) in [7, 11) is 1.77. The number of guanidine groups is 1. The average molecular weight is 525 g/mol. The molecule has 0 saturated carbocycles. The molecule has 29 heavy (non-hydrogen) atoms. The van der Waals surface area contributed by atoms with Crippen LogP contribution in [0.25, 0.3) is 0 Å². The molecule has 1 aromatic carbocycles. The molecule has 1 N–H and O–H groups in total. The first-order valence-corrected chi connectivity index (χ1v) is 10.1. The van der Waals surface area contributed by atoms with Crippen LogP contribution in [0, 0.1) is 5.92 Å². The summed E-state index contributed by atoms with van der Waals surface area (Å²) < 4.78 is 45.2. The van der Waals surface area contributed by atoms with Gasteiger partial charge in [0.2, 0.25) is 0 Å². The predicted octanol–water partition coefficient (Wildman–Crippen LogP) is 4.68. The second-order valence-corrected chi connectivity index (χ2v) is 8.07. The van der Waals surface area contributed by atoms with Crippen LogP contribution < -0.4 is 5.32 Å². The van der Waals surface area contributed by atoms with Crippen LogP contribution in [-0.4, -0.2) is 50.8 Å². The van der Waals surface area contributed by atoms with E-state index in [2.05, 4.69) is 22.1 Å². The minimum atomic E-state index is -4.34. The number of likely N-dealkylation sites (tertiary alicyclic amines) is 1. The van der Waals surface area contributed by atoms with E-state index in [4.69, 9.17) is 4.74 Å². The van der Waals surface area contributed by atoms with Crippen molar-refractivity contribution in [3.05, 3.63) is 35.4 Å². The van der Waals surface area contributed by atoms with E-state index in [0.717, 1.165) is 37.1 Å². The summed E-state index contributed by atoms with van der Waals surface area (Å²) >= 11 is 0. The third-order valence-corrected chi connectivity index (χ3v) is 6.01. The first-order chi connectivity index (χ1) is 13.3. The van der Waals surface area contributed by atoms with Gasteiger partial charge in [-0.1, -0.05) is 25.1 Å². The van der Waals surface area contributed by atoms with Crippen molar-refractivity contribution in [2.24, 2.45) is 10.9 Å². The standard InChI is InChI=1S/C21H30F3N3O.HI/c1-16-5-4-10-27(14-16)19(25-2)26-15-20(8-11-28-12-9-20)17-6-3-7-18(13-17)21(22,23)24;/h3,6-7,13,16H,4-5,8-12,14-15H2,1-2H3,(H,25,26);1H. The molecule has 8 heteroatoms. The van der Waals surface area contributed by atoms with Crippen molar-refractivity contribution in [1.29, 1.82) is 0 Å². The van der Waals surface area contributed by atoms with Crippen molar-refractivity contribution in [3.63, 3.8) is 0 Å². The maximum absolute atomic E-state index is 13.2. The summed E-state index contributed by atoms with van der Waals surface area (Å²) in [6.07, 6.45) is -0.604. The first-order valence-electron chi connectivity index (χ1n) is 10.1. The topological polar surface area (TPSA) is 36.9 Å². The van der Waals surface area contributed by atoms with E-state index < -0.39 is 17.2 Å². The van der Waals surface area contributed by atoms with Gasteiger partial charge in [-0.05, 0) is 43.2 Å². The zero-order valence-corrected chi connectivity index (χ0v) is 19.4. The van der Waals surface area contributed by atoms with Crippen LogP contribution in [0.15, 0.2) is 29.3 Å². The molecular formula is C21H31F3IN3O. The lowest BCUT2D eigenvalue weighted by molar-refractivity contribution is -0.137. The van der Waals surface area contributed by atoms with E-state index >= 15 is 0 Å². The molecule has 0 aromatic heterocycles. The van der Waals surface area contributed by atoms with Gasteiger partial charge in [0.05, 0.1) is 5.56 Å². The van der Waals surface area contributed by atoms with Gasteiger partial charge in [0.15, 0.2) is 5.96 Å². The third-order valence-electron chi connectivity index (χ3n) is 6.01. The normalized spacial score (nSPS) is 22.7. The van der Waals surface area contributed by atoms with Crippen molar-refractivity contribution in [2.45, 2.75) is 44.2 Å². The smallest absolute Gasteiger partial charge is 0.381 e. The van der Waals surface area contributed by atoms with E-state index in [1.54, 1.807) is 7.05 Å². The maximum Gasteiger partial charge on any atom is 0.416 e. The molecule has 1 aromatic rings. The fourth-order valence-electron chi connectivity index (χ4n) is 4.32. The number of hydrogen-bond acceptors (Lipinski definition) is 2. The Morgan fingerprint density at radius 1 is 1.31 bits per heavy atom. The number of halogens is 4. The predicted molar refractivity (Wildman–Crippen MR) is 120 cm³/mol. The van der Waals surface area contributed by atoms with Gasteiger partial charge in [-0.3, -0.25) is 4.99 Å². The molecule has 0 amide bonds. The molecule has 1 atom stereocenters. The van der Waals surface area contributed by atoms with Gasteiger partial charge >= 0.3 is 6.18 Å². The van der Waals surface area contributed by atoms with Gasteiger partial charge in [-0.15, -0.1) is 24.0 Å². The Bertz CT molecular complexity index is 690. The second-order valence-electron chi connectivity index (χ2n) is 8.07. The van der Waals surface area contributed by atoms with Crippen molar-refractivity contribution < 1.29 is 17.9 Å². The molecule has 0 aliphatic carbocycles. The number of rotatable bonds is 3. The molecule has 2 saturated heterocycles. The molecule has 0 bridgehead atoms. The van der Waals surface area contributed by atoms with Crippen LogP contribution in [0.3, 0.4) is 0 Å². The number of benzene rings is 1. The molecule has 2 aliphatic rings. The van der Waals surface area contributed by atoms with Crippen molar-refractivity contribution in [2.75, 3.05) is 39.9 Å². The molecule has 0 radical (unpaired) electrons. The number of piperidine rings is 1. The lowest BCUT2D eigenvalue weighted by atomic mass is 9.73. The third kappa shape index (κ3) is 5.99. The zero-order valence-electron chi connectivity index (χ0n) is 17.1. The number of nitrogens with one attached hydrogen (secondary N) is 1. The Morgan fingerprint density at radius 2 is 2.03 bits per heavy atom. The minimum absolute atomic E-state index is 0. The molecule has 2 fully saturated rings. The van der Waals surface area contributed by atoms with E-state index in [0.29, 0.717) is 38.5 Å². The Labute approximate surface area is 188 Å². The number of ether oxygens (including phenoxy) is 1. The summed E-state index contributed by atoms with van der Waals surface area (Å²) in [6, 6.07) is 5.77. The fourth-order valence-corrected chi connectivity index (χ4v) is 4.32. The molecule has 0 spiro atoms. The highest BCUT2D eigenvalue weighted by atomic mass is 127. The van der Waals surface area contributed by atoms with Crippen molar-refractivity contribution in [1.82, 2.24) is 10.2 Å². The maximum atomic E-state index is 13.2. The molecule has 2 heterocycles. The highest BCUT2D eigenvalue weighted by Crippen LogP contribution is 2.38. The lowest BCUT2D eigenvalue weighted by Crippen LogP contribution is -2.51. The highest BCUT2D eigenvalue weighted by Gasteiger charge is 2.38. The van der Waals surface area contributed by atoms with E-state index in [1.807, 2.05) is 6.07 Å². The van der Waals surface area contributed by atoms with E-state index in [9.17, 15) is 13.2 Å². The highest BCUT2D eigenvalue weighted by molar-refractivity contribution is 14.0. The lowest BCUT2D eigenvalue weighted by Gasteiger charge is -2.40. The van der Waals surface area contributed by atoms with Gasteiger partial charge in [0.1, 0.15) is 0 Å². The number of aliphatic imine (C=N–C) groups is 1. The van der Waals surface area contributed by atoms with Gasteiger partial charge < -0.3 is 15.0 Å². The van der Waals surface area contributed by atoms with Crippen molar-refractivity contribution in [3.8, 4) is 0 Å². The number of nitrogens with zero attached hydrogens (tertiary/aromatic N) is 2. The summed E-state index contributed by atoms with van der Waals surface area (Å²) in [6.45, 7) is 5.81. The molecule has 1 unspecified atom stereocenters. The Hall–Kier alpha value is -1.03. The monoisotopic (exact) mass is 525 g/mol. The molecule has 164 valence electrons. The summed E-state index contributed by atoms with van der Waals surface area (Å²) in [4.78, 5) is 6.69. The fraction of sp³-hybridized carbons (Fsp3) is 0.667. The number of alkyl halides is 3. The first kappa shape index (κ1) is 24.2. The summed E-state index contributed by atoms with van der Waals surface area (Å²) in [5.74, 6) is 1.46. The van der Waals surface area contributed by atoms with Crippen LogP contribution in [-0.2, 0) is 16.3 Å². The van der Waals surface area contributed by atoms with Crippen LogP contribution in [0.5, 0.6) is 0 Å². The summed E-state index contributed by atoms with van der Waals surface area (Å²) in [5.41, 5.74) is -0.262. The van der Waals surface area contributed by atoms with Crippen LogP contribution in [0.2, 0.25) is 0 Å². The molecule has 2 aliphatic heterocycles.